The molecule has 0 aromatic carbocycles. The van der Waals surface area contributed by atoms with E-state index in [0.29, 0.717) is 43.7 Å². The fourth-order valence-corrected chi connectivity index (χ4v) is 5.35. The van der Waals surface area contributed by atoms with E-state index in [-0.39, 0.29) is 48.7 Å². The predicted octanol–water partition coefficient (Wildman–Crippen LogP) is 5.74. The van der Waals surface area contributed by atoms with Crippen molar-refractivity contribution in [1.29, 1.82) is 0 Å². The lowest BCUT2D eigenvalue weighted by Crippen LogP contribution is -3.00. The van der Waals surface area contributed by atoms with Gasteiger partial charge in [0.1, 0.15) is 19.8 Å². The van der Waals surface area contributed by atoms with Gasteiger partial charge in [0.05, 0.1) is 33.8 Å². The number of hydrogen-bond donors (Lipinski definition) is 1. The highest BCUT2D eigenvalue weighted by atomic mass is 79.9. The van der Waals surface area contributed by atoms with E-state index in [1.54, 1.807) is 5.06 Å². The fraction of sp³-hybridized carbons (Fsp3) is 0.946. The van der Waals surface area contributed by atoms with E-state index in [1.807, 2.05) is 14.1 Å². The summed E-state index contributed by atoms with van der Waals surface area (Å²) in [5, 5.41) is 11.0. The van der Waals surface area contributed by atoms with Gasteiger partial charge in [-0.15, -0.1) is 0 Å². The molecule has 0 amide bonds. The lowest BCUT2D eigenvalue weighted by molar-refractivity contribution is -0.914. The summed E-state index contributed by atoms with van der Waals surface area (Å²) in [5.74, 6) is -0.332. The van der Waals surface area contributed by atoms with Gasteiger partial charge in [0, 0.05) is 12.8 Å². The minimum Gasteiger partial charge on any atom is -1.00 e. The van der Waals surface area contributed by atoms with Gasteiger partial charge >= 0.3 is 11.9 Å². The Labute approximate surface area is 295 Å². The van der Waals surface area contributed by atoms with Crippen molar-refractivity contribution in [3.63, 3.8) is 0 Å². The Morgan fingerprint density at radius 1 is 0.565 bits per heavy atom. The zero-order chi connectivity index (χ0) is 33.3. The van der Waals surface area contributed by atoms with E-state index < -0.39 is 0 Å². The number of aliphatic hydroxyl groups excluding tert-OH is 1. The maximum absolute atomic E-state index is 12.3. The smallest absolute Gasteiger partial charge is 0.305 e. The molecule has 0 unspecified atom stereocenters. The first-order valence-electron chi connectivity index (χ1n) is 19.0. The van der Waals surface area contributed by atoms with Crippen LogP contribution in [0.4, 0.5) is 0 Å². The molecule has 0 atom stereocenters. The molecule has 0 spiro atoms. The molecule has 46 heavy (non-hydrogen) atoms. The van der Waals surface area contributed by atoms with Crippen LogP contribution in [0.2, 0.25) is 0 Å². The van der Waals surface area contributed by atoms with Crippen molar-refractivity contribution in [2.24, 2.45) is 0 Å². The van der Waals surface area contributed by atoms with Crippen molar-refractivity contribution in [2.45, 2.75) is 168 Å². The Kier molecular flexibility index (Phi) is 36.6. The molecule has 0 aromatic rings. The average molecular weight is 724 g/mol. The predicted molar refractivity (Wildman–Crippen MR) is 186 cm³/mol. The monoisotopic (exact) mass is 722 g/mol. The summed E-state index contributed by atoms with van der Waals surface area (Å²) in [5.41, 5.74) is 0. The third-order valence-corrected chi connectivity index (χ3v) is 8.47. The van der Waals surface area contributed by atoms with Crippen LogP contribution in [0.3, 0.4) is 0 Å². The first-order chi connectivity index (χ1) is 21.8. The third kappa shape index (κ3) is 34.6. The normalized spacial score (nSPS) is 11.5. The number of hydroxylamine groups is 2. The second kappa shape index (κ2) is 35.6. The van der Waals surface area contributed by atoms with Crippen LogP contribution in [0.25, 0.3) is 0 Å². The molecule has 0 bridgehead atoms. The maximum Gasteiger partial charge on any atom is 0.305 e. The Morgan fingerprint density at radius 2 is 0.891 bits per heavy atom. The Morgan fingerprint density at radius 3 is 1.22 bits per heavy atom. The summed E-state index contributed by atoms with van der Waals surface area (Å²) in [4.78, 5) is 30.5. The first-order valence-corrected chi connectivity index (χ1v) is 19.0. The van der Waals surface area contributed by atoms with E-state index in [1.165, 1.54) is 116 Å². The van der Waals surface area contributed by atoms with Gasteiger partial charge in [-0.05, 0) is 12.8 Å². The van der Waals surface area contributed by atoms with Crippen molar-refractivity contribution in [1.82, 2.24) is 5.06 Å². The van der Waals surface area contributed by atoms with Gasteiger partial charge < -0.3 is 36.0 Å². The number of carbonyl (C=O) groups excluding carboxylic acids is 2. The molecule has 0 saturated carbocycles. The highest BCUT2D eigenvalue weighted by molar-refractivity contribution is 5.69. The van der Waals surface area contributed by atoms with Crippen molar-refractivity contribution < 1.29 is 50.5 Å². The molecule has 0 aliphatic carbocycles. The molecule has 0 heterocycles. The van der Waals surface area contributed by atoms with Crippen LogP contribution in [-0.4, -0.2) is 86.9 Å². The van der Waals surface area contributed by atoms with Gasteiger partial charge in [-0.2, -0.15) is 5.06 Å². The molecule has 0 saturated heterocycles. The Hall–Kier alpha value is -0.740. The Bertz CT molecular complexity index is 624. The molecule has 0 aliphatic heterocycles. The van der Waals surface area contributed by atoms with Gasteiger partial charge in [0.25, 0.3) is 0 Å². The molecular formula is C37H75BrN2O6. The number of likely N-dealkylation sites (N-methyl/N-ethyl adjacent to an activating group) is 1. The van der Waals surface area contributed by atoms with Gasteiger partial charge in [-0.3, -0.25) is 9.59 Å². The summed E-state index contributed by atoms with van der Waals surface area (Å²) in [7, 11) is 3.96. The van der Waals surface area contributed by atoms with Crippen molar-refractivity contribution in [3.8, 4) is 0 Å². The van der Waals surface area contributed by atoms with Crippen LogP contribution >= 0.6 is 0 Å². The van der Waals surface area contributed by atoms with Crippen LogP contribution in [0.1, 0.15) is 168 Å². The number of quaternary nitrogens is 1. The lowest BCUT2D eigenvalue weighted by atomic mass is 10.1. The van der Waals surface area contributed by atoms with E-state index in [0.717, 1.165) is 25.7 Å². The summed E-state index contributed by atoms with van der Waals surface area (Å²) in [6.45, 7) is 6.78. The molecule has 8 nitrogen and oxygen atoms in total. The first kappa shape index (κ1) is 47.4. The van der Waals surface area contributed by atoms with Crippen molar-refractivity contribution >= 4 is 11.9 Å². The number of nitrogens with zero attached hydrogens (tertiary/aromatic N) is 2. The minimum atomic E-state index is -0.166. The van der Waals surface area contributed by atoms with Gasteiger partial charge in [0.2, 0.25) is 6.73 Å². The molecular weight excluding hydrogens is 648 g/mol. The van der Waals surface area contributed by atoms with E-state index in [9.17, 15) is 14.7 Å². The molecule has 276 valence electrons. The van der Waals surface area contributed by atoms with Crippen molar-refractivity contribution in [2.75, 3.05) is 60.3 Å². The summed E-state index contributed by atoms with van der Waals surface area (Å²) in [6.07, 6.45) is 28.4. The van der Waals surface area contributed by atoms with Crippen LogP contribution in [0.15, 0.2) is 0 Å². The van der Waals surface area contributed by atoms with Crippen LogP contribution in [0.5, 0.6) is 0 Å². The van der Waals surface area contributed by atoms with Crippen molar-refractivity contribution in [3.05, 3.63) is 0 Å². The highest BCUT2D eigenvalue weighted by Crippen LogP contribution is 2.13. The average Bonchev–Trinajstić information content (AvgIpc) is 3.01. The highest BCUT2D eigenvalue weighted by Gasteiger charge is 2.18. The van der Waals surface area contributed by atoms with Gasteiger partial charge in [-0.1, -0.05) is 142 Å². The fourth-order valence-electron chi connectivity index (χ4n) is 5.35. The zero-order valence-corrected chi connectivity index (χ0v) is 32.3. The second-order valence-electron chi connectivity index (χ2n) is 13.6. The largest absolute Gasteiger partial charge is 1.00 e. The molecule has 0 fully saturated rings. The number of unbranched alkanes of at least 4 members (excludes halogenated alkanes) is 20. The molecule has 0 aliphatic rings. The molecule has 1 N–H and O–H groups in total. The molecule has 0 radical (unpaired) electrons. The summed E-state index contributed by atoms with van der Waals surface area (Å²) >= 11 is 0. The number of carbonyl (C=O) groups is 2. The second-order valence-corrected chi connectivity index (χ2v) is 13.6. The van der Waals surface area contributed by atoms with Crippen LogP contribution in [-0.2, 0) is 23.9 Å². The number of ether oxygens (including phenoxy) is 2. The van der Waals surface area contributed by atoms with E-state index in [4.69, 9.17) is 14.3 Å². The number of hydrogen-bond acceptors (Lipinski definition) is 7. The molecule has 9 heteroatoms. The lowest BCUT2D eigenvalue weighted by Gasteiger charge is -2.31. The minimum absolute atomic E-state index is 0. The van der Waals surface area contributed by atoms with Gasteiger partial charge in [-0.25, -0.2) is 4.84 Å². The summed E-state index contributed by atoms with van der Waals surface area (Å²) < 4.78 is 11.5. The number of aliphatic hydroxyl groups is 1. The van der Waals surface area contributed by atoms with Gasteiger partial charge in [0.15, 0.2) is 0 Å². The third-order valence-electron chi connectivity index (χ3n) is 8.47. The molecule has 0 rings (SSSR count). The standard InChI is InChI=1S/C37H75N2O6.BrH/c1-5-7-9-11-13-15-17-19-21-23-25-27-36(41)43-33-29-38(45-35-39(3,4)31-32-40)30-34-44-37(42)28-26-24-22-20-18-16-14-12-10-8-6-2;/h40H,5-35H2,1-4H3;1H/q+1;/p-1. The van der Waals surface area contributed by atoms with E-state index >= 15 is 0 Å². The van der Waals surface area contributed by atoms with Crippen LogP contribution < -0.4 is 17.0 Å². The Balaban J connectivity index is 0. The number of halogens is 1. The number of esters is 2. The molecule has 0 aromatic heterocycles. The zero-order valence-electron chi connectivity index (χ0n) is 30.7. The SMILES string of the molecule is CCCCCCCCCCCCCC(=O)OCCN(CCOC(=O)CCCCCCCCCCCCC)OC[N+](C)(C)CCO.[Br-]. The summed E-state index contributed by atoms with van der Waals surface area (Å²) in [6, 6.07) is 0. The number of rotatable bonds is 35. The topological polar surface area (TPSA) is 85.3 Å². The van der Waals surface area contributed by atoms with Crippen LogP contribution in [0, 0.1) is 0 Å². The van der Waals surface area contributed by atoms with E-state index in [2.05, 4.69) is 13.8 Å². The quantitative estimate of drug-likeness (QED) is 0.0294. The maximum atomic E-state index is 12.3.